The fourth-order valence-corrected chi connectivity index (χ4v) is 4.99. The van der Waals surface area contributed by atoms with E-state index in [0.29, 0.717) is 6.42 Å². The van der Waals surface area contributed by atoms with Gasteiger partial charge < -0.3 is 14.6 Å². The number of hydrogen-bond donors (Lipinski definition) is 1. The highest BCUT2D eigenvalue weighted by molar-refractivity contribution is 5.75. The lowest BCUT2D eigenvalue weighted by Crippen LogP contribution is -2.62. The summed E-state index contributed by atoms with van der Waals surface area (Å²) in [5.41, 5.74) is -1.04. The Balaban J connectivity index is 1.94. The summed E-state index contributed by atoms with van der Waals surface area (Å²) >= 11 is 0. The first-order chi connectivity index (χ1) is 10.4. The maximum Gasteiger partial charge on any atom is 0.311 e. The third-order valence-electron chi connectivity index (χ3n) is 6.41. The van der Waals surface area contributed by atoms with Crippen LogP contribution >= 0.6 is 0 Å². The number of carbonyl (C=O) groups is 1. The number of rotatable bonds is 1. The standard InChI is InChI=1S/C19H32O4/c1-16(2,3)15(21)22-14-10-17(4,5)11-19-9-12(20)13(23-19)7-8-18(14,19)6/h12-14,20H,7-11H2,1-6H3/t12-,13+,14-,18-,19-/m0/s1. The van der Waals surface area contributed by atoms with Gasteiger partial charge in [0.15, 0.2) is 0 Å². The van der Waals surface area contributed by atoms with E-state index >= 15 is 0 Å². The molecule has 0 aromatic rings. The van der Waals surface area contributed by atoms with Crippen LogP contribution in [-0.2, 0) is 14.3 Å². The molecule has 0 aromatic carbocycles. The Morgan fingerprint density at radius 1 is 1.22 bits per heavy atom. The quantitative estimate of drug-likeness (QED) is 0.751. The number of aliphatic hydroxyl groups is 1. The van der Waals surface area contributed by atoms with Crippen LogP contribution in [0.5, 0.6) is 0 Å². The number of carbonyl (C=O) groups excluding carboxylic acids is 1. The summed E-state index contributed by atoms with van der Waals surface area (Å²) in [6.07, 6.45) is 3.67. The van der Waals surface area contributed by atoms with E-state index in [0.717, 1.165) is 25.7 Å². The van der Waals surface area contributed by atoms with Crippen molar-refractivity contribution in [3.63, 3.8) is 0 Å². The van der Waals surface area contributed by atoms with Gasteiger partial charge in [0.25, 0.3) is 0 Å². The highest BCUT2D eigenvalue weighted by Crippen LogP contribution is 2.63. The number of esters is 1. The Labute approximate surface area is 139 Å². The highest BCUT2D eigenvalue weighted by Gasteiger charge is 2.67. The Morgan fingerprint density at radius 3 is 2.48 bits per heavy atom. The molecule has 3 rings (SSSR count). The maximum atomic E-state index is 12.5. The molecule has 1 saturated carbocycles. The number of aliphatic hydroxyl groups excluding tert-OH is 1. The largest absolute Gasteiger partial charge is 0.461 e. The Morgan fingerprint density at radius 2 is 1.87 bits per heavy atom. The first-order valence-corrected chi connectivity index (χ1v) is 8.96. The predicted octanol–water partition coefficient (Wildman–Crippen LogP) is 3.45. The minimum absolute atomic E-state index is 0.0360. The third kappa shape index (κ3) is 2.62. The van der Waals surface area contributed by atoms with Crippen molar-refractivity contribution >= 4 is 5.97 Å². The van der Waals surface area contributed by atoms with Crippen LogP contribution in [-0.4, -0.2) is 35.0 Å². The van der Waals surface area contributed by atoms with Crippen LogP contribution in [0.15, 0.2) is 0 Å². The van der Waals surface area contributed by atoms with Crippen LogP contribution in [0, 0.1) is 16.2 Å². The Kier molecular flexibility index (Phi) is 3.71. The third-order valence-corrected chi connectivity index (χ3v) is 6.41. The van der Waals surface area contributed by atoms with E-state index in [1.54, 1.807) is 0 Å². The van der Waals surface area contributed by atoms with E-state index in [1.165, 1.54) is 0 Å². The summed E-state index contributed by atoms with van der Waals surface area (Å²) in [5.74, 6) is -0.141. The zero-order valence-electron chi connectivity index (χ0n) is 15.4. The number of ether oxygens (including phenoxy) is 2. The molecule has 0 unspecified atom stereocenters. The van der Waals surface area contributed by atoms with E-state index in [-0.39, 0.29) is 40.7 Å². The van der Waals surface area contributed by atoms with Crippen molar-refractivity contribution in [1.29, 1.82) is 0 Å². The molecule has 2 bridgehead atoms. The maximum absolute atomic E-state index is 12.5. The second kappa shape index (κ2) is 4.95. The molecule has 2 heterocycles. The van der Waals surface area contributed by atoms with E-state index in [1.807, 2.05) is 20.8 Å². The second-order valence-corrected chi connectivity index (χ2v) is 10.1. The number of fused-ring (bicyclic) bond motifs is 1. The van der Waals surface area contributed by atoms with Gasteiger partial charge in [-0.3, -0.25) is 4.79 Å². The van der Waals surface area contributed by atoms with Crippen molar-refractivity contribution in [3.8, 4) is 0 Å². The van der Waals surface area contributed by atoms with Gasteiger partial charge in [-0.2, -0.15) is 0 Å². The predicted molar refractivity (Wildman–Crippen MR) is 87.9 cm³/mol. The summed E-state index contributed by atoms with van der Waals surface area (Å²) in [7, 11) is 0. The van der Waals surface area contributed by atoms with Gasteiger partial charge in [-0.1, -0.05) is 20.8 Å². The molecule has 1 aliphatic carbocycles. The summed E-state index contributed by atoms with van der Waals surface area (Å²) in [6.45, 7) is 12.3. The van der Waals surface area contributed by atoms with Crippen molar-refractivity contribution in [3.05, 3.63) is 0 Å². The van der Waals surface area contributed by atoms with Crippen LogP contribution in [0.3, 0.4) is 0 Å². The van der Waals surface area contributed by atoms with Crippen molar-refractivity contribution in [2.45, 2.75) is 97.6 Å². The zero-order chi connectivity index (χ0) is 17.3. The van der Waals surface area contributed by atoms with Gasteiger partial charge >= 0.3 is 5.97 Å². The van der Waals surface area contributed by atoms with Gasteiger partial charge in [-0.25, -0.2) is 0 Å². The van der Waals surface area contributed by atoms with Crippen LogP contribution in [0.4, 0.5) is 0 Å². The molecule has 4 nitrogen and oxygen atoms in total. The smallest absolute Gasteiger partial charge is 0.311 e. The topological polar surface area (TPSA) is 55.8 Å². The summed E-state index contributed by atoms with van der Waals surface area (Å²) in [5, 5.41) is 10.4. The molecule has 0 amide bonds. The minimum Gasteiger partial charge on any atom is -0.461 e. The molecule has 3 aliphatic rings. The van der Waals surface area contributed by atoms with Gasteiger partial charge in [0.2, 0.25) is 0 Å². The fourth-order valence-electron chi connectivity index (χ4n) is 4.99. The molecule has 132 valence electrons. The lowest BCUT2D eigenvalue weighted by Gasteiger charge is -2.59. The van der Waals surface area contributed by atoms with E-state index < -0.39 is 5.41 Å². The van der Waals surface area contributed by atoms with Crippen LogP contribution in [0.25, 0.3) is 0 Å². The van der Waals surface area contributed by atoms with Crippen LogP contribution in [0.2, 0.25) is 0 Å². The molecule has 0 radical (unpaired) electrons. The van der Waals surface area contributed by atoms with E-state index in [9.17, 15) is 9.90 Å². The van der Waals surface area contributed by atoms with Crippen molar-refractivity contribution in [2.75, 3.05) is 0 Å². The van der Waals surface area contributed by atoms with Crippen molar-refractivity contribution < 1.29 is 19.4 Å². The first kappa shape index (κ1) is 17.2. The van der Waals surface area contributed by atoms with Gasteiger partial charge in [-0.15, -0.1) is 0 Å². The van der Waals surface area contributed by atoms with Gasteiger partial charge in [-0.05, 0) is 51.9 Å². The highest BCUT2D eigenvalue weighted by atomic mass is 16.6. The fraction of sp³-hybridized carbons (Fsp3) is 0.947. The molecule has 5 atom stereocenters. The van der Waals surface area contributed by atoms with Crippen molar-refractivity contribution in [1.82, 2.24) is 0 Å². The molecule has 2 saturated heterocycles. The molecular weight excluding hydrogens is 292 g/mol. The second-order valence-electron chi connectivity index (χ2n) is 10.1. The monoisotopic (exact) mass is 324 g/mol. The summed E-state index contributed by atoms with van der Waals surface area (Å²) in [6, 6.07) is 0. The number of hydrogen-bond acceptors (Lipinski definition) is 4. The molecule has 4 heteroatoms. The van der Waals surface area contributed by atoms with Crippen LogP contribution in [0.1, 0.15) is 73.6 Å². The molecule has 23 heavy (non-hydrogen) atoms. The molecule has 1 spiro atoms. The van der Waals surface area contributed by atoms with Crippen LogP contribution < -0.4 is 0 Å². The molecule has 1 N–H and O–H groups in total. The lowest BCUT2D eigenvalue weighted by molar-refractivity contribution is -0.249. The van der Waals surface area contributed by atoms with E-state index in [4.69, 9.17) is 9.47 Å². The van der Waals surface area contributed by atoms with Gasteiger partial charge in [0.1, 0.15) is 6.10 Å². The lowest BCUT2D eigenvalue weighted by atomic mass is 9.53. The van der Waals surface area contributed by atoms with Gasteiger partial charge in [0.05, 0.1) is 23.2 Å². The zero-order valence-corrected chi connectivity index (χ0v) is 15.4. The average Bonchev–Trinajstić information content (AvgIpc) is 2.64. The first-order valence-electron chi connectivity index (χ1n) is 8.96. The minimum atomic E-state index is -0.502. The summed E-state index contributed by atoms with van der Waals surface area (Å²) in [4.78, 5) is 12.5. The Bertz CT molecular complexity index is 502. The molecular formula is C19H32O4. The summed E-state index contributed by atoms with van der Waals surface area (Å²) < 4.78 is 12.4. The molecule has 0 aromatic heterocycles. The normalized spacial score (nSPS) is 45.4. The average molecular weight is 324 g/mol. The molecule has 2 aliphatic heterocycles. The molecule has 3 fully saturated rings. The van der Waals surface area contributed by atoms with Crippen molar-refractivity contribution in [2.24, 2.45) is 16.2 Å². The Hall–Kier alpha value is -0.610. The van der Waals surface area contributed by atoms with E-state index in [2.05, 4.69) is 20.8 Å². The SMILES string of the molecule is CC1(C)C[C@H](OC(=O)C(C)(C)C)[C@]2(C)CC[C@H]3O[C@@]2(C[C@@H]3O)C1. The van der Waals surface area contributed by atoms with Gasteiger partial charge in [0, 0.05) is 11.8 Å².